The summed E-state index contributed by atoms with van der Waals surface area (Å²) in [6.45, 7) is 4.73. The Hall–Kier alpha value is -2.60. The molecule has 0 amide bonds. The van der Waals surface area contributed by atoms with Crippen molar-refractivity contribution in [3.05, 3.63) is 104 Å². The molecule has 2 aliphatic rings. The Morgan fingerprint density at radius 1 is 0.893 bits per heavy atom. The summed E-state index contributed by atoms with van der Waals surface area (Å²) in [4.78, 5) is 0. The molecule has 5 rings (SSSR count). The van der Waals surface area contributed by atoms with Crippen LogP contribution in [0.1, 0.15) is 55.7 Å². The van der Waals surface area contributed by atoms with Gasteiger partial charge in [0, 0.05) is 5.92 Å². The summed E-state index contributed by atoms with van der Waals surface area (Å²) in [5, 5.41) is 5.61. The first kappa shape index (κ1) is 17.5. The van der Waals surface area contributed by atoms with Crippen LogP contribution < -0.4 is 10.4 Å². The third-order valence-electron chi connectivity index (χ3n) is 7.21. The summed E-state index contributed by atoms with van der Waals surface area (Å²) in [5.74, 6) is 0.312. The van der Waals surface area contributed by atoms with E-state index in [9.17, 15) is 0 Å². The molecule has 0 aromatic heterocycles. The van der Waals surface area contributed by atoms with Crippen LogP contribution in [0.5, 0.6) is 0 Å². The van der Waals surface area contributed by atoms with E-state index in [1.165, 1.54) is 57.7 Å². The number of hydrogen-bond acceptors (Lipinski definition) is 0. The maximum atomic E-state index is 3.19. The molecule has 0 heteroatoms. The molecule has 3 aromatic rings. The summed E-state index contributed by atoms with van der Waals surface area (Å²) in [5.41, 5.74) is 4.89. The fourth-order valence-corrected chi connectivity index (χ4v) is 5.24. The van der Waals surface area contributed by atoms with E-state index in [1.807, 2.05) is 12.1 Å². The minimum absolute atomic E-state index is 0.312. The molecule has 139 valence electrons. The van der Waals surface area contributed by atoms with Gasteiger partial charge in [-0.2, -0.15) is 0 Å². The zero-order valence-electron chi connectivity index (χ0n) is 16.8. The van der Waals surface area contributed by atoms with Crippen LogP contribution in [0.3, 0.4) is 0 Å². The molecule has 28 heavy (non-hydrogen) atoms. The lowest BCUT2D eigenvalue weighted by atomic mass is 9.68. The standard InChI is InChI=1S/C28H27/c1-3-28(4-2)17-16-21-14-15-24-23-13-9-8-12-22(23)18-25(27(24)26(21)19-28)20-10-6-5-7-11-20/h6-16,18,25H,3-4,17,19H2,1-2H3. The van der Waals surface area contributed by atoms with Crippen molar-refractivity contribution < 1.29 is 0 Å². The van der Waals surface area contributed by atoms with Gasteiger partial charge in [0.25, 0.3) is 0 Å². The summed E-state index contributed by atoms with van der Waals surface area (Å²) < 4.78 is 0. The Morgan fingerprint density at radius 3 is 2.46 bits per heavy atom. The third kappa shape index (κ3) is 2.66. The van der Waals surface area contributed by atoms with Gasteiger partial charge < -0.3 is 0 Å². The lowest BCUT2D eigenvalue weighted by Crippen LogP contribution is -2.32. The lowest BCUT2D eigenvalue weighted by Gasteiger charge is -2.36. The van der Waals surface area contributed by atoms with E-state index in [0.717, 1.165) is 0 Å². The van der Waals surface area contributed by atoms with Crippen molar-refractivity contribution in [2.75, 3.05) is 0 Å². The molecule has 1 atom stereocenters. The lowest BCUT2D eigenvalue weighted by molar-refractivity contribution is 0.264. The number of hydrogen-bond donors (Lipinski definition) is 0. The van der Waals surface area contributed by atoms with Crippen LogP contribution in [0.25, 0.3) is 12.2 Å². The van der Waals surface area contributed by atoms with Crippen LogP contribution in [-0.4, -0.2) is 0 Å². The van der Waals surface area contributed by atoms with Crippen molar-refractivity contribution in [3.8, 4) is 0 Å². The number of rotatable bonds is 3. The minimum atomic E-state index is 0.312. The molecule has 0 N–H and O–H groups in total. The molecule has 0 spiro atoms. The zero-order valence-corrected chi connectivity index (χ0v) is 16.8. The Kier molecular flexibility index (Phi) is 4.23. The van der Waals surface area contributed by atoms with Crippen LogP contribution in [0, 0.1) is 21.9 Å². The van der Waals surface area contributed by atoms with Gasteiger partial charge in [0.05, 0.1) is 0 Å². The average molecular weight is 364 g/mol. The van der Waals surface area contributed by atoms with Crippen LogP contribution in [0.4, 0.5) is 0 Å². The van der Waals surface area contributed by atoms with Crippen molar-refractivity contribution >= 4 is 12.2 Å². The first-order valence-electron chi connectivity index (χ1n) is 10.6. The maximum absolute atomic E-state index is 3.19. The van der Waals surface area contributed by atoms with E-state index in [1.54, 1.807) is 5.56 Å². The molecule has 1 radical (unpaired) electrons. The predicted octanol–water partition coefficient (Wildman–Crippen LogP) is 5.23. The topological polar surface area (TPSA) is 0 Å². The Morgan fingerprint density at radius 2 is 1.68 bits per heavy atom. The van der Waals surface area contributed by atoms with Crippen molar-refractivity contribution in [2.24, 2.45) is 5.41 Å². The highest BCUT2D eigenvalue weighted by Crippen LogP contribution is 2.40. The largest absolute Gasteiger partial charge is 0.0764 e. The van der Waals surface area contributed by atoms with E-state index >= 15 is 0 Å². The second kappa shape index (κ2) is 6.78. The van der Waals surface area contributed by atoms with Gasteiger partial charge in [-0.05, 0) is 74.7 Å². The van der Waals surface area contributed by atoms with Gasteiger partial charge in [-0.15, -0.1) is 0 Å². The minimum Gasteiger partial charge on any atom is -0.0764 e. The second-order valence-electron chi connectivity index (χ2n) is 8.45. The van der Waals surface area contributed by atoms with Gasteiger partial charge in [-0.25, -0.2) is 0 Å². The number of fused-ring (bicyclic) bond motifs is 4. The quantitative estimate of drug-likeness (QED) is 0.597. The van der Waals surface area contributed by atoms with E-state index in [-0.39, 0.29) is 0 Å². The van der Waals surface area contributed by atoms with Gasteiger partial charge in [-0.3, -0.25) is 0 Å². The van der Waals surface area contributed by atoms with Gasteiger partial charge in [0.1, 0.15) is 0 Å². The summed E-state index contributed by atoms with van der Waals surface area (Å²) >= 11 is 0. The fraction of sp³-hybridized carbons (Fsp3) is 0.286. The number of benzene rings is 3. The van der Waals surface area contributed by atoms with E-state index < -0.39 is 0 Å². The first-order valence-corrected chi connectivity index (χ1v) is 10.6. The fourth-order valence-electron chi connectivity index (χ4n) is 5.24. The second-order valence-corrected chi connectivity index (χ2v) is 8.45. The molecule has 3 aromatic carbocycles. The van der Waals surface area contributed by atoms with Crippen LogP contribution in [0.15, 0.2) is 60.7 Å². The van der Waals surface area contributed by atoms with Crippen molar-refractivity contribution in [3.63, 3.8) is 0 Å². The van der Waals surface area contributed by atoms with E-state index in [0.29, 0.717) is 11.3 Å². The maximum Gasteiger partial charge on any atom is 0.0287 e. The Labute approximate surface area is 167 Å². The monoisotopic (exact) mass is 363 g/mol. The predicted molar refractivity (Wildman–Crippen MR) is 117 cm³/mol. The highest BCUT2D eigenvalue weighted by Gasteiger charge is 2.31. The average Bonchev–Trinajstić information content (AvgIpc) is 2.78. The molecular weight excluding hydrogens is 336 g/mol. The SMILES string of the molecule is CCC1(CC)CC=c2ccc3c(c2C1)C(c1cc[c]cc1)C=c1ccccc1=3. The van der Waals surface area contributed by atoms with Gasteiger partial charge in [0.15, 0.2) is 0 Å². The normalized spacial score (nSPS) is 18.9. The third-order valence-corrected chi connectivity index (χ3v) is 7.21. The molecule has 0 heterocycles. The van der Waals surface area contributed by atoms with Gasteiger partial charge >= 0.3 is 0 Å². The highest BCUT2D eigenvalue weighted by molar-refractivity contribution is 5.57. The summed E-state index contributed by atoms with van der Waals surface area (Å²) in [6, 6.07) is 25.3. The van der Waals surface area contributed by atoms with Crippen LogP contribution in [-0.2, 0) is 6.42 Å². The molecular formula is C28H27. The van der Waals surface area contributed by atoms with Crippen LogP contribution in [0.2, 0.25) is 0 Å². The smallest absolute Gasteiger partial charge is 0.0287 e. The highest BCUT2D eigenvalue weighted by atomic mass is 14.4. The van der Waals surface area contributed by atoms with Gasteiger partial charge in [-0.1, -0.05) is 86.7 Å². The first-order chi connectivity index (χ1) is 13.7. The van der Waals surface area contributed by atoms with Gasteiger partial charge in [0.2, 0.25) is 0 Å². The Bertz CT molecular complexity index is 1230. The molecule has 0 saturated carbocycles. The van der Waals surface area contributed by atoms with Crippen LogP contribution >= 0.6 is 0 Å². The molecule has 0 aliphatic heterocycles. The molecule has 0 bridgehead atoms. The van der Waals surface area contributed by atoms with E-state index in [2.05, 4.69) is 80.6 Å². The van der Waals surface area contributed by atoms with Crippen molar-refractivity contribution in [1.29, 1.82) is 0 Å². The molecule has 1 unspecified atom stereocenters. The molecule has 0 fully saturated rings. The zero-order chi connectivity index (χ0) is 19.1. The molecule has 0 saturated heterocycles. The summed E-state index contributed by atoms with van der Waals surface area (Å²) in [7, 11) is 0. The molecule has 2 aliphatic carbocycles. The Balaban J connectivity index is 1.88. The molecule has 0 nitrogen and oxygen atoms in total. The van der Waals surface area contributed by atoms with E-state index in [4.69, 9.17) is 0 Å². The summed E-state index contributed by atoms with van der Waals surface area (Å²) in [6.07, 6.45) is 9.87. The van der Waals surface area contributed by atoms with Crippen molar-refractivity contribution in [1.82, 2.24) is 0 Å². The van der Waals surface area contributed by atoms with Crippen molar-refractivity contribution in [2.45, 2.75) is 45.4 Å².